The van der Waals surface area contributed by atoms with Gasteiger partial charge in [0.05, 0.1) is 17.3 Å². The van der Waals surface area contributed by atoms with Crippen LogP contribution < -0.4 is 4.90 Å². The van der Waals surface area contributed by atoms with E-state index in [9.17, 15) is 19.8 Å². The van der Waals surface area contributed by atoms with E-state index >= 15 is 0 Å². The number of phenols is 1. The maximum absolute atomic E-state index is 13.5. The summed E-state index contributed by atoms with van der Waals surface area (Å²) < 4.78 is 0. The van der Waals surface area contributed by atoms with Crippen LogP contribution in [0.15, 0.2) is 72.8 Å². The number of aromatic nitrogens is 2. The number of H-pyrrole nitrogens is 1. The maximum atomic E-state index is 13.5. The molecule has 1 amide bonds. The number of nitrogens with zero attached hydrogens (tertiary/aromatic N) is 2. The van der Waals surface area contributed by atoms with Crippen molar-refractivity contribution in [3.8, 4) is 17.0 Å². The molecule has 1 aliphatic rings. The molecule has 3 N–H and O–H groups in total. The van der Waals surface area contributed by atoms with Crippen molar-refractivity contribution in [2.45, 2.75) is 13.0 Å². The van der Waals surface area contributed by atoms with Gasteiger partial charge in [-0.15, -0.1) is 0 Å². The van der Waals surface area contributed by atoms with E-state index in [4.69, 9.17) is 0 Å². The number of aromatic hydroxyl groups is 1. The lowest BCUT2D eigenvalue weighted by atomic mass is 9.95. The molecule has 0 unspecified atom stereocenters. The van der Waals surface area contributed by atoms with Gasteiger partial charge in [-0.2, -0.15) is 5.10 Å². The molecule has 0 aliphatic carbocycles. The van der Waals surface area contributed by atoms with Crippen LogP contribution >= 0.6 is 0 Å². The third-order valence-corrected chi connectivity index (χ3v) is 5.67. The number of carbonyl (C=O) groups excluding carboxylic acids is 1. The largest absolute Gasteiger partial charge is 0.508 e. The fourth-order valence-electron chi connectivity index (χ4n) is 4.12. The van der Waals surface area contributed by atoms with Crippen molar-refractivity contribution in [1.82, 2.24) is 10.2 Å². The van der Waals surface area contributed by atoms with Crippen LogP contribution in [0.5, 0.6) is 5.75 Å². The van der Waals surface area contributed by atoms with Gasteiger partial charge in [-0.25, -0.2) is 4.79 Å². The van der Waals surface area contributed by atoms with Crippen LogP contribution in [-0.2, 0) is 0 Å². The molecule has 1 aliphatic heterocycles. The third kappa shape index (κ3) is 3.11. The Kier molecular flexibility index (Phi) is 4.52. The maximum Gasteiger partial charge on any atom is 0.335 e. The molecule has 7 nitrogen and oxygen atoms in total. The fraction of sp³-hybridized carbons (Fsp3) is 0.0800. The first-order valence-corrected chi connectivity index (χ1v) is 10.0. The molecular weight excluding hydrogens is 406 g/mol. The van der Waals surface area contributed by atoms with E-state index in [1.807, 2.05) is 37.3 Å². The Hall–Kier alpha value is -4.39. The standard InChI is InChI=1S/C25H19N3O4/c1-14-5-7-15(8-6-14)21-20-22(27-26-21)24(30)28(18-11-9-16(10-12-18)25(31)32)23(20)17-3-2-4-19(29)13-17/h2-13,23,29H,1H3,(H,26,27)(H,31,32)/t23-/m0/s1. The summed E-state index contributed by atoms with van der Waals surface area (Å²) in [7, 11) is 0. The summed E-state index contributed by atoms with van der Waals surface area (Å²) in [6, 6.07) is 20.3. The number of rotatable bonds is 4. The van der Waals surface area contributed by atoms with Crippen LogP contribution in [0.1, 0.15) is 43.6 Å². The quantitative estimate of drug-likeness (QED) is 0.445. The van der Waals surface area contributed by atoms with Crippen molar-refractivity contribution >= 4 is 17.6 Å². The number of amides is 1. The van der Waals surface area contributed by atoms with E-state index in [-0.39, 0.29) is 17.2 Å². The lowest BCUT2D eigenvalue weighted by molar-refractivity contribution is 0.0696. The molecule has 1 atom stereocenters. The van der Waals surface area contributed by atoms with Gasteiger partial charge >= 0.3 is 5.97 Å². The van der Waals surface area contributed by atoms with E-state index in [0.717, 1.165) is 11.1 Å². The van der Waals surface area contributed by atoms with Crippen LogP contribution in [0.2, 0.25) is 0 Å². The van der Waals surface area contributed by atoms with Crippen molar-refractivity contribution in [3.05, 3.63) is 101 Å². The number of aromatic carboxylic acids is 1. The molecule has 0 saturated carbocycles. The van der Waals surface area contributed by atoms with Crippen molar-refractivity contribution in [2.24, 2.45) is 0 Å². The Labute approximate surface area is 183 Å². The number of aryl methyl sites for hydroxylation is 1. The number of carboxylic acid groups (broad SMARTS) is 1. The van der Waals surface area contributed by atoms with Gasteiger partial charge in [-0.05, 0) is 48.9 Å². The molecule has 158 valence electrons. The number of phenolic OH excluding ortho intramolecular Hbond substituents is 1. The highest BCUT2D eigenvalue weighted by Crippen LogP contribution is 2.45. The van der Waals surface area contributed by atoms with E-state index in [0.29, 0.717) is 28.2 Å². The minimum Gasteiger partial charge on any atom is -0.508 e. The number of carbonyl (C=O) groups is 2. The van der Waals surface area contributed by atoms with Crippen LogP contribution in [0.3, 0.4) is 0 Å². The molecular formula is C25H19N3O4. The zero-order valence-corrected chi connectivity index (χ0v) is 17.1. The monoisotopic (exact) mass is 425 g/mol. The first-order valence-electron chi connectivity index (χ1n) is 10.0. The molecule has 0 fully saturated rings. The molecule has 5 rings (SSSR count). The molecule has 1 aromatic heterocycles. The summed E-state index contributed by atoms with van der Waals surface area (Å²) in [6.07, 6.45) is 0. The molecule has 0 radical (unpaired) electrons. The third-order valence-electron chi connectivity index (χ3n) is 5.67. The Morgan fingerprint density at radius 1 is 1.03 bits per heavy atom. The van der Waals surface area contributed by atoms with Gasteiger partial charge in [-0.1, -0.05) is 42.0 Å². The molecule has 2 heterocycles. The topological polar surface area (TPSA) is 107 Å². The van der Waals surface area contributed by atoms with E-state index in [1.165, 1.54) is 12.1 Å². The summed E-state index contributed by atoms with van der Waals surface area (Å²) in [5.74, 6) is -1.22. The number of hydrogen-bond donors (Lipinski definition) is 3. The molecule has 32 heavy (non-hydrogen) atoms. The van der Waals surface area contributed by atoms with Crippen LogP contribution in [0, 0.1) is 6.92 Å². The highest BCUT2D eigenvalue weighted by atomic mass is 16.4. The number of anilines is 1. The van der Waals surface area contributed by atoms with Gasteiger partial charge in [-0.3, -0.25) is 14.8 Å². The zero-order valence-electron chi connectivity index (χ0n) is 17.1. The lowest BCUT2D eigenvalue weighted by Gasteiger charge is -2.26. The number of nitrogens with one attached hydrogen (secondary N) is 1. The summed E-state index contributed by atoms with van der Waals surface area (Å²) in [5.41, 5.74) is 5.13. The van der Waals surface area contributed by atoms with Crippen molar-refractivity contribution in [3.63, 3.8) is 0 Å². The van der Waals surface area contributed by atoms with Crippen LogP contribution in [0.25, 0.3) is 11.3 Å². The normalized spacial score (nSPS) is 15.1. The molecule has 0 spiro atoms. The molecule has 0 bridgehead atoms. The number of hydrogen-bond acceptors (Lipinski definition) is 4. The van der Waals surface area contributed by atoms with E-state index < -0.39 is 12.0 Å². The minimum absolute atomic E-state index is 0.0879. The predicted octanol–water partition coefficient (Wildman–Crippen LogP) is 4.54. The summed E-state index contributed by atoms with van der Waals surface area (Å²) >= 11 is 0. The first kappa shape index (κ1) is 19.6. The molecule has 4 aromatic rings. The van der Waals surface area contributed by atoms with Crippen LogP contribution in [-0.4, -0.2) is 32.3 Å². The van der Waals surface area contributed by atoms with Crippen molar-refractivity contribution < 1.29 is 19.8 Å². The van der Waals surface area contributed by atoms with Gasteiger partial charge in [0.25, 0.3) is 5.91 Å². The number of aromatic amines is 1. The number of benzene rings is 3. The fourth-order valence-corrected chi connectivity index (χ4v) is 4.12. The Balaban J connectivity index is 1.69. The van der Waals surface area contributed by atoms with E-state index in [1.54, 1.807) is 35.2 Å². The highest BCUT2D eigenvalue weighted by Gasteiger charge is 2.43. The Morgan fingerprint density at radius 2 is 1.75 bits per heavy atom. The SMILES string of the molecule is Cc1ccc(-c2n[nH]c3c2[C@H](c2cccc(O)c2)N(c2ccc(C(=O)O)cc2)C3=O)cc1. The minimum atomic E-state index is -1.04. The Morgan fingerprint density at radius 3 is 2.41 bits per heavy atom. The molecule has 7 heteroatoms. The summed E-state index contributed by atoms with van der Waals surface area (Å²) in [5, 5.41) is 26.7. The van der Waals surface area contributed by atoms with Gasteiger partial charge in [0, 0.05) is 16.8 Å². The summed E-state index contributed by atoms with van der Waals surface area (Å²) in [6.45, 7) is 2.00. The van der Waals surface area contributed by atoms with Crippen LogP contribution in [0.4, 0.5) is 5.69 Å². The number of fused-ring (bicyclic) bond motifs is 1. The number of carboxylic acids is 1. The second-order valence-corrected chi connectivity index (χ2v) is 7.75. The smallest absolute Gasteiger partial charge is 0.335 e. The first-order chi connectivity index (χ1) is 15.4. The second kappa shape index (κ2) is 7.39. The lowest BCUT2D eigenvalue weighted by Crippen LogP contribution is -2.29. The highest BCUT2D eigenvalue weighted by molar-refractivity contribution is 6.12. The van der Waals surface area contributed by atoms with Gasteiger partial charge in [0.2, 0.25) is 0 Å². The van der Waals surface area contributed by atoms with Crippen molar-refractivity contribution in [2.75, 3.05) is 4.90 Å². The summed E-state index contributed by atoms with van der Waals surface area (Å²) in [4.78, 5) is 26.3. The van der Waals surface area contributed by atoms with E-state index in [2.05, 4.69) is 10.2 Å². The zero-order chi connectivity index (χ0) is 22.4. The molecule has 3 aromatic carbocycles. The van der Waals surface area contributed by atoms with Gasteiger partial charge in [0.1, 0.15) is 11.4 Å². The second-order valence-electron chi connectivity index (χ2n) is 7.75. The van der Waals surface area contributed by atoms with Gasteiger partial charge in [0.15, 0.2) is 0 Å². The predicted molar refractivity (Wildman–Crippen MR) is 119 cm³/mol. The molecule has 0 saturated heterocycles. The van der Waals surface area contributed by atoms with Crippen molar-refractivity contribution in [1.29, 1.82) is 0 Å². The Bertz CT molecular complexity index is 1340. The average Bonchev–Trinajstić information content (AvgIpc) is 3.33. The van der Waals surface area contributed by atoms with Gasteiger partial charge < -0.3 is 10.2 Å². The average molecular weight is 425 g/mol.